The first-order valence-corrected chi connectivity index (χ1v) is 9.44. The fourth-order valence-corrected chi connectivity index (χ4v) is 3.18. The van der Waals surface area contributed by atoms with Crippen molar-refractivity contribution in [1.82, 2.24) is 15.3 Å². The number of carbonyl (C=O) groups is 1. The van der Waals surface area contributed by atoms with Gasteiger partial charge in [-0.1, -0.05) is 6.07 Å². The van der Waals surface area contributed by atoms with E-state index in [-0.39, 0.29) is 5.91 Å². The van der Waals surface area contributed by atoms with Gasteiger partial charge in [-0.25, -0.2) is 9.97 Å². The summed E-state index contributed by atoms with van der Waals surface area (Å²) in [5.74, 6) is 2.75. The lowest BCUT2D eigenvalue weighted by Gasteiger charge is -2.08. The minimum absolute atomic E-state index is 0.178. The molecule has 0 spiro atoms. The third kappa shape index (κ3) is 4.45. The van der Waals surface area contributed by atoms with Gasteiger partial charge >= 0.3 is 0 Å². The summed E-state index contributed by atoms with van der Waals surface area (Å²) in [4.78, 5) is 21.2. The highest BCUT2D eigenvalue weighted by molar-refractivity contribution is 5.95. The Morgan fingerprint density at radius 2 is 1.97 bits per heavy atom. The maximum atomic E-state index is 12.4. The van der Waals surface area contributed by atoms with E-state index in [4.69, 9.17) is 9.15 Å². The van der Waals surface area contributed by atoms with Crippen molar-refractivity contribution >= 4 is 23.1 Å². The van der Waals surface area contributed by atoms with Crippen molar-refractivity contribution in [2.75, 3.05) is 11.9 Å². The Balaban J connectivity index is 1.40. The number of anilines is 2. The number of amides is 1. The van der Waals surface area contributed by atoms with Crippen LogP contribution in [0.25, 0.3) is 5.57 Å². The molecule has 1 aliphatic rings. The number of carbonyl (C=O) groups excluding carboxylic acids is 1. The van der Waals surface area contributed by atoms with Crippen molar-refractivity contribution in [2.24, 2.45) is 0 Å². The average molecular weight is 390 g/mol. The van der Waals surface area contributed by atoms with E-state index < -0.39 is 0 Å². The van der Waals surface area contributed by atoms with E-state index in [9.17, 15) is 4.79 Å². The summed E-state index contributed by atoms with van der Waals surface area (Å²) < 4.78 is 11.0. The summed E-state index contributed by atoms with van der Waals surface area (Å²) in [6.45, 7) is 4.87. The quantitative estimate of drug-likeness (QED) is 0.656. The van der Waals surface area contributed by atoms with Crippen LogP contribution in [0.4, 0.5) is 11.6 Å². The van der Waals surface area contributed by atoms with Gasteiger partial charge in [0, 0.05) is 41.2 Å². The van der Waals surface area contributed by atoms with Crippen LogP contribution in [0.3, 0.4) is 0 Å². The van der Waals surface area contributed by atoms with Crippen molar-refractivity contribution in [3.63, 3.8) is 0 Å². The molecule has 0 unspecified atom stereocenters. The molecular weight excluding hydrogens is 368 g/mol. The van der Waals surface area contributed by atoms with Crippen LogP contribution in [0.1, 0.15) is 40.8 Å². The van der Waals surface area contributed by atoms with E-state index in [1.54, 1.807) is 24.5 Å². The third-order valence-corrected chi connectivity index (χ3v) is 4.70. The highest BCUT2D eigenvalue weighted by Crippen LogP contribution is 2.28. The fourth-order valence-electron chi connectivity index (χ4n) is 3.18. The zero-order chi connectivity index (χ0) is 20.2. The van der Waals surface area contributed by atoms with E-state index in [2.05, 4.69) is 20.6 Å². The second kappa shape index (κ2) is 8.18. The smallest absolute Gasteiger partial charge is 0.251 e. The second-order valence-electron chi connectivity index (χ2n) is 6.83. The predicted octanol–water partition coefficient (Wildman–Crippen LogP) is 4.20. The molecule has 0 saturated heterocycles. The van der Waals surface area contributed by atoms with Crippen LogP contribution < -0.4 is 10.6 Å². The Morgan fingerprint density at radius 1 is 1.14 bits per heavy atom. The number of hydrogen-bond acceptors (Lipinski definition) is 6. The maximum absolute atomic E-state index is 12.4. The van der Waals surface area contributed by atoms with Gasteiger partial charge in [0.15, 0.2) is 0 Å². The molecule has 1 aliphatic heterocycles. The largest absolute Gasteiger partial charge is 0.498 e. The predicted molar refractivity (Wildman–Crippen MR) is 110 cm³/mol. The molecule has 2 aromatic heterocycles. The molecule has 3 aromatic rings. The summed E-state index contributed by atoms with van der Waals surface area (Å²) in [7, 11) is 0. The second-order valence-corrected chi connectivity index (χ2v) is 6.83. The number of hydrogen-bond donors (Lipinski definition) is 2. The van der Waals surface area contributed by atoms with Gasteiger partial charge in [0.2, 0.25) is 5.95 Å². The molecule has 0 radical (unpaired) electrons. The van der Waals surface area contributed by atoms with Crippen LogP contribution in [0.15, 0.2) is 59.0 Å². The highest BCUT2D eigenvalue weighted by atomic mass is 16.5. The van der Waals surface area contributed by atoms with Crippen molar-refractivity contribution in [3.8, 4) is 0 Å². The van der Waals surface area contributed by atoms with Gasteiger partial charge in [0.05, 0.1) is 18.9 Å². The molecule has 1 amide bonds. The van der Waals surface area contributed by atoms with E-state index in [1.165, 1.54) is 0 Å². The number of furan rings is 1. The SMILES string of the molecule is CC1=C(c2cnc(Nc3cccc(C(=O)NCc4ccc(C)o4)c3)nc2)CCO1. The van der Waals surface area contributed by atoms with E-state index in [0.29, 0.717) is 24.7 Å². The number of aromatic nitrogens is 2. The number of rotatable bonds is 6. The van der Waals surface area contributed by atoms with E-state index in [0.717, 1.165) is 40.5 Å². The Morgan fingerprint density at radius 3 is 2.66 bits per heavy atom. The molecule has 4 rings (SSSR count). The van der Waals surface area contributed by atoms with Gasteiger partial charge in [-0.15, -0.1) is 0 Å². The van der Waals surface area contributed by atoms with Crippen molar-refractivity contribution in [2.45, 2.75) is 26.8 Å². The van der Waals surface area contributed by atoms with Crippen LogP contribution in [-0.2, 0) is 11.3 Å². The number of allylic oxidation sites excluding steroid dienone is 1. The fraction of sp³-hybridized carbons (Fsp3) is 0.227. The van der Waals surface area contributed by atoms with Gasteiger partial charge in [0.1, 0.15) is 11.5 Å². The summed E-state index contributed by atoms with van der Waals surface area (Å²) in [6.07, 6.45) is 4.44. The molecule has 0 saturated carbocycles. The van der Waals surface area contributed by atoms with Crippen molar-refractivity contribution < 1.29 is 13.9 Å². The lowest BCUT2D eigenvalue weighted by molar-refractivity contribution is 0.0948. The Hall–Kier alpha value is -3.61. The molecule has 0 atom stereocenters. The average Bonchev–Trinajstić information content (AvgIpc) is 3.35. The number of benzene rings is 1. The molecule has 148 valence electrons. The monoisotopic (exact) mass is 390 g/mol. The van der Waals surface area contributed by atoms with Crippen LogP contribution >= 0.6 is 0 Å². The zero-order valence-corrected chi connectivity index (χ0v) is 16.4. The molecule has 29 heavy (non-hydrogen) atoms. The van der Waals surface area contributed by atoms with Gasteiger partial charge < -0.3 is 19.8 Å². The number of nitrogens with zero attached hydrogens (tertiary/aromatic N) is 2. The van der Waals surface area contributed by atoms with Gasteiger partial charge in [-0.05, 0) is 44.2 Å². The first-order chi connectivity index (χ1) is 14.1. The van der Waals surface area contributed by atoms with Crippen LogP contribution in [-0.4, -0.2) is 22.5 Å². The Kier molecular flexibility index (Phi) is 5.29. The molecule has 3 heterocycles. The Labute approximate surface area is 168 Å². The minimum atomic E-state index is -0.178. The molecular formula is C22H22N4O3. The van der Waals surface area contributed by atoms with Crippen molar-refractivity contribution in [3.05, 3.63) is 77.2 Å². The third-order valence-electron chi connectivity index (χ3n) is 4.70. The molecule has 7 nitrogen and oxygen atoms in total. The van der Waals surface area contributed by atoms with Crippen LogP contribution in [0.2, 0.25) is 0 Å². The van der Waals surface area contributed by atoms with Gasteiger partial charge in [-0.2, -0.15) is 0 Å². The molecule has 2 N–H and O–H groups in total. The first-order valence-electron chi connectivity index (χ1n) is 9.44. The maximum Gasteiger partial charge on any atom is 0.251 e. The number of ether oxygens (including phenoxy) is 1. The van der Waals surface area contributed by atoms with E-state index >= 15 is 0 Å². The van der Waals surface area contributed by atoms with Crippen LogP contribution in [0, 0.1) is 6.92 Å². The standard InChI is InChI=1S/C22H22N4O3/c1-14-6-7-19(29-14)13-23-21(27)16-4-3-5-18(10-16)26-22-24-11-17(12-25-22)20-8-9-28-15(20)2/h3-7,10-12H,8-9,13H2,1-2H3,(H,23,27)(H,24,25,26). The molecule has 0 aliphatic carbocycles. The molecule has 1 aromatic carbocycles. The molecule has 0 bridgehead atoms. The summed E-state index contributed by atoms with van der Waals surface area (Å²) in [5, 5.41) is 5.99. The Bertz CT molecular complexity index is 1050. The van der Waals surface area contributed by atoms with Gasteiger partial charge in [0.25, 0.3) is 5.91 Å². The zero-order valence-electron chi connectivity index (χ0n) is 16.4. The van der Waals surface area contributed by atoms with Crippen molar-refractivity contribution in [1.29, 1.82) is 0 Å². The summed E-state index contributed by atoms with van der Waals surface area (Å²) in [5.41, 5.74) is 3.38. The molecule has 0 fully saturated rings. The lowest BCUT2D eigenvalue weighted by Crippen LogP contribution is -2.22. The van der Waals surface area contributed by atoms with Gasteiger partial charge in [-0.3, -0.25) is 4.79 Å². The highest BCUT2D eigenvalue weighted by Gasteiger charge is 2.15. The minimum Gasteiger partial charge on any atom is -0.498 e. The van der Waals surface area contributed by atoms with E-state index in [1.807, 2.05) is 38.1 Å². The lowest BCUT2D eigenvalue weighted by atomic mass is 10.1. The number of nitrogens with one attached hydrogen (secondary N) is 2. The normalized spacial score (nSPS) is 13.3. The summed E-state index contributed by atoms with van der Waals surface area (Å²) >= 11 is 0. The topological polar surface area (TPSA) is 89.3 Å². The van der Waals surface area contributed by atoms with Crippen LogP contribution in [0.5, 0.6) is 0 Å². The first kappa shape index (κ1) is 18.7. The summed E-state index contributed by atoms with van der Waals surface area (Å²) in [6, 6.07) is 10.9. The molecule has 7 heteroatoms. The number of aryl methyl sites for hydroxylation is 1.